The number of nitrogens with zero attached hydrogens (tertiary/aromatic N) is 2. The lowest BCUT2D eigenvalue weighted by Gasteiger charge is -2.32. The molecule has 0 spiro atoms. The van der Waals surface area contributed by atoms with Crippen LogP contribution in [0.3, 0.4) is 0 Å². The van der Waals surface area contributed by atoms with Crippen LogP contribution in [-0.4, -0.2) is 22.0 Å². The molecule has 1 saturated heterocycles. The minimum absolute atomic E-state index is 0.164. The molecule has 0 saturated carbocycles. The van der Waals surface area contributed by atoms with Crippen LogP contribution in [0.5, 0.6) is 0 Å². The summed E-state index contributed by atoms with van der Waals surface area (Å²) in [5.74, 6) is -0.200. The lowest BCUT2D eigenvalue weighted by Crippen LogP contribution is -2.31. The van der Waals surface area contributed by atoms with Gasteiger partial charge in [-0.1, -0.05) is 24.3 Å². The Morgan fingerprint density at radius 3 is 2.63 bits per heavy atom. The van der Waals surface area contributed by atoms with E-state index in [2.05, 4.69) is 10.4 Å². The molecule has 0 aliphatic carbocycles. The number of hydrogen-bond acceptors (Lipinski definition) is 5. The largest absolute Gasteiger partial charge is 0.397 e. The smallest absolute Gasteiger partial charge is 0.255 e. The van der Waals surface area contributed by atoms with E-state index in [1.165, 1.54) is 0 Å². The summed E-state index contributed by atoms with van der Waals surface area (Å²) >= 11 is 0. The number of carbonyl (C=O) groups is 1. The fraction of sp³-hybridized carbons (Fsp3) is 0.200. The van der Waals surface area contributed by atoms with E-state index < -0.39 is 0 Å². The fourth-order valence-corrected chi connectivity index (χ4v) is 2.86. The standard InChI is InChI=1S/C20H20N4O3/c1-13-26-20(27-13)16-10-22-24(12-16)11-14-6-8-15(9-7-14)19(25)23-18-5-3-2-4-17(18)21/h2-10,12-13,20H,11,21H2,1H3,(H,23,25). The molecule has 7 heteroatoms. The average molecular weight is 364 g/mol. The molecule has 3 N–H and O–H groups in total. The number of carbonyl (C=O) groups excluding carboxylic acids is 1. The van der Waals surface area contributed by atoms with Crippen LogP contribution in [0, 0.1) is 0 Å². The van der Waals surface area contributed by atoms with Crippen molar-refractivity contribution in [2.45, 2.75) is 26.0 Å². The van der Waals surface area contributed by atoms with Crippen LogP contribution in [0.4, 0.5) is 11.4 Å². The van der Waals surface area contributed by atoms with E-state index in [1.54, 1.807) is 30.5 Å². The number of ether oxygens (including phenoxy) is 2. The van der Waals surface area contributed by atoms with Crippen molar-refractivity contribution in [3.8, 4) is 0 Å². The Morgan fingerprint density at radius 1 is 1.19 bits per heavy atom. The zero-order valence-electron chi connectivity index (χ0n) is 14.8. The van der Waals surface area contributed by atoms with Gasteiger partial charge in [0, 0.05) is 17.3 Å². The molecular formula is C20H20N4O3. The highest BCUT2D eigenvalue weighted by Gasteiger charge is 2.29. The van der Waals surface area contributed by atoms with Crippen LogP contribution in [-0.2, 0) is 16.0 Å². The van der Waals surface area contributed by atoms with Gasteiger partial charge < -0.3 is 20.5 Å². The number of amides is 1. The molecular weight excluding hydrogens is 344 g/mol. The molecule has 7 nitrogen and oxygen atoms in total. The van der Waals surface area contributed by atoms with Crippen molar-refractivity contribution in [2.24, 2.45) is 0 Å². The number of nitrogen functional groups attached to an aromatic ring is 1. The first-order valence-electron chi connectivity index (χ1n) is 8.66. The Kier molecular flexibility index (Phi) is 4.62. The molecule has 0 atom stereocenters. The number of anilines is 2. The number of nitrogens with two attached hydrogens (primary N) is 1. The Labute approximate surface area is 156 Å². The van der Waals surface area contributed by atoms with Gasteiger partial charge in [0.05, 0.1) is 24.1 Å². The van der Waals surface area contributed by atoms with E-state index in [-0.39, 0.29) is 18.5 Å². The van der Waals surface area contributed by atoms with Crippen LogP contribution >= 0.6 is 0 Å². The van der Waals surface area contributed by atoms with Gasteiger partial charge in [0.1, 0.15) is 0 Å². The maximum atomic E-state index is 12.4. The lowest BCUT2D eigenvalue weighted by molar-refractivity contribution is -0.382. The molecule has 2 aromatic carbocycles. The summed E-state index contributed by atoms with van der Waals surface area (Å²) in [6.45, 7) is 2.45. The molecule has 1 aromatic heterocycles. The predicted molar refractivity (Wildman–Crippen MR) is 101 cm³/mol. The summed E-state index contributed by atoms with van der Waals surface area (Å²) in [4.78, 5) is 12.4. The number of para-hydroxylation sites is 2. The van der Waals surface area contributed by atoms with Gasteiger partial charge in [0.15, 0.2) is 12.6 Å². The molecule has 138 valence electrons. The third-order valence-electron chi connectivity index (χ3n) is 4.33. The summed E-state index contributed by atoms with van der Waals surface area (Å²) in [6.07, 6.45) is 3.14. The highest BCUT2D eigenvalue weighted by Crippen LogP contribution is 2.30. The van der Waals surface area contributed by atoms with E-state index in [0.717, 1.165) is 11.1 Å². The number of rotatable bonds is 5. The molecule has 2 heterocycles. The second-order valence-corrected chi connectivity index (χ2v) is 6.38. The second kappa shape index (κ2) is 7.22. The first-order chi connectivity index (χ1) is 13.1. The van der Waals surface area contributed by atoms with Gasteiger partial charge >= 0.3 is 0 Å². The number of hydrogen-bond donors (Lipinski definition) is 2. The molecule has 1 aliphatic rings. The van der Waals surface area contributed by atoms with Crippen molar-refractivity contribution in [1.82, 2.24) is 9.78 Å². The number of nitrogens with one attached hydrogen (secondary N) is 1. The van der Waals surface area contributed by atoms with Gasteiger partial charge in [-0.25, -0.2) is 0 Å². The molecule has 1 fully saturated rings. The second-order valence-electron chi connectivity index (χ2n) is 6.38. The van der Waals surface area contributed by atoms with Crippen molar-refractivity contribution < 1.29 is 14.3 Å². The van der Waals surface area contributed by atoms with Crippen molar-refractivity contribution in [3.63, 3.8) is 0 Å². The van der Waals surface area contributed by atoms with E-state index in [0.29, 0.717) is 23.5 Å². The fourth-order valence-electron chi connectivity index (χ4n) is 2.86. The molecule has 1 amide bonds. The van der Waals surface area contributed by atoms with E-state index in [9.17, 15) is 4.79 Å². The van der Waals surface area contributed by atoms with Gasteiger partial charge in [-0.3, -0.25) is 9.48 Å². The molecule has 1 aliphatic heterocycles. The Morgan fingerprint density at radius 2 is 1.93 bits per heavy atom. The van der Waals surface area contributed by atoms with Gasteiger partial charge in [-0.15, -0.1) is 0 Å². The van der Waals surface area contributed by atoms with Crippen molar-refractivity contribution >= 4 is 17.3 Å². The van der Waals surface area contributed by atoms with Crippen LogP contribution in [0.1, 0.15) is 34.7 Å². The maximum Gasteiger partial charge on any atom is 0.255 e. The highest BCUT2D eigenvalue weighted by atomic mass is 16.9. The van der Waals surface area contributed by atoms with Crippen molar-refractivity contribution in [2.75, 3.05) is 11.1 Å². The third kappa shape index (κ3) is 3.84. The quantitative estimate of drug-likeness (QED) is 0.679. The van der Waals surface area contributed by atoms with Gasteiger partial charge in [-0.2, -0.15) is 5.10 Å². The molecule has 0 radical (unpaired) electrons. The highest BCUT2D eigenvalue weighted by molar-refractivity contribution is 6.05. The topological polar surface area (TPSA) is 91.4 Å². The van der Waals surface area contributed by atoms with Crippen LogP contribution in [0.2, 0.25) is 0 Å². The Balaban J connectivity index is 1.39. The molecule has 0 bridgehead atoms. The molecule has 3 aromatic rings. The maximum absolute atomic E-state index is 12.4. The zero-order valence-corrected chi connectivity index (χ0v) is 14.8. The minimum atomic E-state index is -0.328. The number of benzene rings is 2. The normalized spacial score (nSPS) is 18.7. The molecule has 0 unspecified atom stereocenters. The van der Waals surface area contributed by atoms with E-state index in [1.807, 2.05) is 42.1 Å². The summed E-state index contributed by atoms with van der Waals surface area (Å²) < 4.78 is 12.7. The first kappa shape index (κ1) is 17.3. The van der Waals surface area contributed by atoms with Crippen molar-refractivity contribution in [3.05, 3.63) is 77.6 Å². The summed E-state index contributed by atoms with van der Waals surface area (Å²) in [5.41, 5.74) is 9.48. The monoisotopic (exact) mass is 364 g/mol. The molecule has 27 heavy (non-hydrogen) atoms. The van der Waals surface area contributed by atoms with Crippen LogP contribution in [0.15, 0.2) is 60.9 Å². The van der Waals surface area contributed by atoms with Crippen LogP contribution < -0.4 is 11.1 Å². The summed E-state index contributed by atoms with van der Waals surface area (Å²) in [7, 11) is 0. The molecule has 4 rings (SSSR count). The Hall–Kier alpha value is -3.16. The van der Waals surface area contributed by atoms with Crippen molar-refractivity contribution in [1.29, 1.82) is 0 Å². The van der Waals surface area contributed by atoms with Gasteiger partial charge in [0.2, 0.25) is 0 Å². The van der Waals surface area contributed by atoms with Crippen LogP contribution in [0.25, 0.3) is 0 Å². The van der Waals surface area contributed by atoms with E-state index in [4.69, 9.17) is 15.2 Å². The van der Waals surface area contributed by atoms with E-state index >= 15 is 0 Å². The predicted octanol–water partition coefficient (Wildman–Crippen LogP) is 3.16. The first-order valence-corrected chi connectivity index (χ1v) is 8.66. The van der Waals surface area contributed by atoms with Gasteiger partial charge in [-0.05, 0) is 36.8 Å². The lowest BCUT2D eigenvalue weighted by atomic mass is 10.1. The minimum Gasteiger partial charge on any atom is -0.397 e. The number of aromatic nitrogens is 2. The Bertz CT molecular complexity index is 946. The van der Waals surface area contributed by atoms with Gasteiger partial charge in [0.25, 0.3) is 5.91 Å². The average Bonchev–Trinajstić information content (AvgIpc) is 3.09. The zero-order chi connectivity index (χ0) is 18.8. The summed E-state index contributed by atoms with van der Waals surface area (Å²) in [5, 5.41) is 7.14. The SMILES string of the molecule is CC1OC(c2cnn(Cc3ccc(C(=O)Nc4ccccc4N)cc3)c2)O1. The summed E-state index contributed by atoms with van der Waals surface area (Å²) in [6, 6.07) is 14.6. The third-order valence-corrected chi connectivity index (χ3v) is 4.33.